The molecule has 2 N–H and O–H groups in total. The molecule has 0 aliphatic carbocycles. The van der Waals surface area contributed by atoms with Gasteiger partial charge < -0.3 is 5.73 Å². The highest BCUT2D eigenvalue weighted by Gasteiger charge is 2.31. The van der Waals surface area contributed by atoms with E-state index in [0.717, 1.165) is 23.0 Å². The van der Waals surface area contributed by atoms with Crippen molar-refractivity contribution in [1.29, 1.82) is 0 Å². The van der Waals surface area contributed by atoms with Crippen LogP contribution in [0.5, 0.6) is 0 Å². The lowest BCUT2D eigenvalue weighted by Crippen LogP contribution is -2.06. The molecule has 0 radical (unpaired) electrons. The fraction of sp³-hybridized carbons (Fsp3) is 0.0714. The topological polar surface area (TPSA) is 43.8 Å². The first-order chi connectivity index (χ1) is 9.86. The molecule has 108 valence electrons. The number of nitrogens with two attached hydrogens (primary N) is 1. The second kappa shape index (κ2) is 4.77. The minimum atomic E-state index is -4.38. The fourth-order valence-electron chi connectivity index (χ4n) is 2.08. The molecule has 3 aromatic rings. The summed E-state index contributed by atoms with van der Waals surface area (Å²) in [6.07, 6.45) is -2.74. The van der Waals surface area contributed by atoms with E-state index in [-0.39, 0.29) is 0 Å². The molecule has 7 heteroatoms. The van der Waals surface area contributed by atoms with Crippen LogP contribution in [0.3, 0.4) is 0 Å². The average Bonchev–Trinajstić information content (AvgIpc) is 2.80. The zero-order chi connectivity index (χ0) is 15.2. The third-order valence-electron chi connectivity index (χ3n) is 3.10. The molecule has 3 nitrogen and oxygen atoms in total. The number of anilines is 1. The molecule has 0 saturated carbocycles. The number of aromatic nitrogens is 2. The normalized spacial score (nSPS) is 12.0. The standard InChI is InChI=1S/C14H9BrF3N3/c15-11-5-9(14(16,17)18)2-4-12(11)21-13-6-10(19)3-1-8(13)7-20-21/h1-7H,19H2. The lowest BCUT2D eigenvalue weighted by Gasteiger charge is -2.11. The summed E-state index contributed by atoms with van der Waals surface area (Å²) in [6, 6.07) is 8.73. The van der Waals surface area contributed by atoms with Gasteiger partial charge >= 0.3 is 6.18 Å². The van der Waals surface area contributed by atoms with E-state index in [1.165, 1.54) is 6.07 Å². The summed E-state index contributed by atoms with van der Waals surface area (Å²) < 4.78 is 39.9. The van der Waals surface area contributed by atoms with Gasteiger partial charge in [0, 0.05) is 15.5 Å². The Balaban J connectivity index is 2.17. The van der Waals surface area contributed by atoms with Crippen molar-refractivity contribution in [2.75, 3.05) is 5.73 Å². The average molecular weight is 356 g/mol. The van der Waals surface area contributed by atoms with E-state index in [2.05, 4.69) is 21.0 Å². The quantitative estimate of drug-likeness (QED) is 0.658. The summed E-state index contributed by atoms with van der Waals surface area (Å²) in [6.45, 7) is 0. The van der Waals surface area contributed by atoms with Crippen molar-refractivity contribution in [3.8, 4) is 5.69 Å². The van der Waals surface area contributed by atoms with Gasteiger partial charge in [0.05, 0.1) is 23.0 Å². The summed E-state index contributed by atoms with van der Waals surface area (Å²) in [7, 11) is 0. The summed E-state index contributed by atoms with van der Waals surface area (Å²) >= 11 is 3.17. The molecule has 0 amide bonds. The van der Waals surface area contributed by atoms with Crippen LogP contribution in [0.1, 0.15) is 5.56 Å². The van der Waals surface area contributed by atoms with Crippen molar-refractivity contribution in [2.24, 2.45) is 0 Å². The smallest absolute Gasteiger partial charge is 0.399 e. The Morgan fingerprint density at radius 2 is 1.86 bits per heavy atom. The second-order valence-corrected chi connectivity index (χ2v) is 5.39. The van der Waals surface area contributed by atoms with Gasteiger partial charge in [-0.3, -0.25) is 0 Å². The molecule has 0 fully saturated rings. The van der Waals surface area contributed by atoms with Gasteiger partial charge in [-0.15, -0.1) is 0 Å². The fourth-order valence-corrected chi connectivity index (χ4v) is 2.63. The monoisotopic (exact) mass is 355 g/mol. The molecular formula is C14H9BrF3N3. The summed E-state index contributed by atoms with van der Waals surface area (Å²) in [5.41, 5.74) is 6.85. The van der Waals surface area contributed by atoms with Gasteiger partial charge in [-0.25, -0.2) is 4.68 Å². The predicted octanol–water partition coefficient (Wildman–Crippen LogP) is 4.39. The third kappa shape index (κ3) is 2.49. The Hall–Kier alpha value is -2.02. The number of halogens is 4. The van der Waals surface area contributed by atoms with Crippen LogP contribution in [-0.4, -0.2) is 9.78 Å². The van der Waals surface area contributed by atoms with Gasteiger partial charge in [0.2, 0.25) is 0 Å². The molecule has 0 aliphatic heterocycles. The van der Waals surface area contributed by atoms with Crippen LogP contribution in [0.4, 0.5) is 18.9 Å². The van der Waals surface area contributed by atoms with Crippen LogP contribution >= 0.6 is 15.9 Å². The predicted molar refractivity (Wildman–Crippen MR) is 78.2 cm³/mol. The van der Waals surface area contributed by atoms with E-state index < -0.39 is 11.7 Å². The summed E-state index contributed by atoms with van der Waals surface area (Å²) in [4.78, 5) is 0. The van der Waals surface area contributed by atoms with Crippen molar-refractivity contribution in [2.45, 2.75) is 6.18 Å². The maximum atomic E-state index is 12.7. The molecule has 0 spiro atoms. The lowest BCUT2D eigenvalue weighted by atomic mass is 10.2. The Kier molecular flexibility index (Phi) is 3.16. The van der Waals surface area contributed by atoms with E-state index >= 15 is 0 Å². The van der Waals surface area contributed by atoms with Gasteiger partial charge in [0.25, 0.3) is 0 Å². The number of nitrogen functional groups attached to an aromatic ring is 1. The molecule has 0 bridgehead atoms. The molecule has 0 atom stereocenters. The number of fused-ring (bicyclic) bond motifs is 1. The number of alkyl halides is 3. The van der Waals surface area contributed by atoms with Crippen molar-refractivity contribution >= 4 is 32.5 Å². The first-order valence-electron chi connectivity index (χ1n) is 5.96. The number of hydrogen-bond acceptors (Lipinski definition) is 2. The van der Waals surface area contributed by atoms with Crippen molar-refractivity contribution in [1.82, 2.24) is 9.78 Å². The van der Waals surface area contributed by atoms with E-state index in [9.17, 15) is 13.2 Å². The molecular weight excluding hydrogens is 347 g/mol. The molecule has 0 unspecified atom stereocenters. The van der Waals surface area contributed by atoms with Crippen molar-refractivity contribution in [3.05, 3.63) is 52.6 Å². The molecule has 1 heterocycles. The van der Waals surface area contributed by atoms with Gasteiger partial charge in [-0.1, -0.05) is 0 Å². The van der Waals surface area contributed by atoms with Crippen LogP contribution in [0, 0.1) is 0 Å². The Bertz CT molecular complexity index is 824. The summed E-state index contributed by atoms with van der Waals surface area (Å²) in [5, 5.41) is 5.07. The highest BCUT2D eigenvalue weighted by molar-refractivity contribution is 9.10. The van der Waals surface area contributed by atoms with Crippen molar-refractivity contribution < 1.29 is 13.2 Å². The van der Waals surface area contributed by atoms with E-state index in [0.29, 0.717) is 15.8 Å². The number of nitrogens with zero attached hydrogens (tertiary/aromatic N) is 2. The van der Waals surface area contributed by atoms with Crippen LogP contribution < -0.4 is 5.73 Å². The van der Waals surface area contributed by atoms with Crippen molar-refractivity contribution in [3.63, 3.8) is 0 Å². The lowest BCUT2D eigenvalue weighted by molar-refractivity contribution is -0.137. The maximum Gasteiger partial charge on any atom is 0.416 e. The number of benzene rings is 2. The Labute approximate surface area is 126 Å². The Morgan fingerprint density at radius 3 is 2.52 bits per heavy atom. The van der Waals surface area contributed by atoms with Gasteiger partial charge in [0.1, 0.15) is 0 Å². The van der Waals surface area contributed by atoms with Gasteiger partial charge in [-0.05, 0) is 52.3 Å². The third-order valence-corrected chi connectivity index (χ3v) is 3.73. The largest absolute Gasteiger partial charge is 0.416 e. The molecule has 21 heavy (non-hydrogen) atoms. The summed E-state index contributed by atoms with van der Waals surface area (Å²) in [5.74, 6) is 0. The van der Waals surface area contributed by atoms with Crippen LogP contribution in [0.2, 0.25) is 0 Å². The van der Waals surface area contributed by atoms with Gasteiger partial charge in [-0.2, -0.15) is 18.3 Å². The first-order valence-corrected chi connectivity index (χ1v) is 6.76. The molecule has 0 saturated heterocycles. The first kappa shape index (κ1) is 13.9. The van der Waals surface area contributed by atoms with Crippen LogP contribution in [0.15, 0.2) is 47.1 Å². The number of hydrogen-bond donors (Lipinski definition) is 1. The van der Waals surface area contributed by atoms with E-state index in [4.69, 9.17) is 5.73 Å². The Morgan fingerprint density at radius 1 is 1.10 bits per heavy atom. The van der Waals surface area contributed by atoms with Gasteiger partial charge in [0.15, 0.2) is 0 Å². The maximum absolute atomic E-state index is 12.7. The SMILES string of the molecule is Nc1ccc2cnn(-c3ccc(C(F)(F)F)cc3Br)c2c1. The van der Waals surface area contributed by atoms with Crippen LogP contribution in [-0.2, 0) is 6.18 Å². The zero-order valence-corrected chi connectivity index (χ0v) is 12.1. The van der Waals surface area contributed by atoms with E-state index in [1.54, 1.807) is 23.0 Å². The highest BCUT2D eigenvalue weighted by Crippen LogP contribution is 2.34. The molecule has 1 aromatic heterocycles. The van der Waals surface area contributed by atoms with Crippen LogP contribution in [0.25, 0.3) is 16.6 Å². The molecule has 3 rings (SSSR count). The molecule has 2 aromatic carbocycles. The van der Waals surface area contributed by atoms with E-state index in [1.807, 2.05) is 6.07 Å². The minimum Gasteiger partial charge on any atom is -0.399 e. The second-order valence-electron chi connectivity index (χ2n) is 4.54. The molecule has 0 aliphatic rings. The number of rotatable bonds is 1. The zero-order valence-electron chi connectivity index (χ0n) is 10.5. The highest BCUT2D eigenvalue weighted by atomic mass is 79.9. The minimum absolute atomic E-state index is 0.310.